The number of nitrogens with zero attached hydrogens (tertiary/aromatic N) is 3. The van der Waals surface area contributed by atoms with Gasteiger partial charge in [0.2, 0.25) is 0 Å². The van der Waals surface area contributed by atoms with Gasteiger partial charge in [-0.25, -0.2) is 4.98 Å². The molecular weight excluding hydrogens is 306 g/mol. The first-order valence-corrected chi connectivity index (χ1v) is 8.59. The third kappa shape index (κ3) is 2.70. The maximum atomic E-state index is 12.5. The molecule has 1 spiro atoms. The maximum Gasteiger partial charge on any atom is 0.261 e. The fourth-order valence-corrected chi connectivity index (χ4v) is 3.92. The molecule has 2 aromatic heterocycles. The first kappa shape index (κ1) is 15.6. The van der Waals surface area contributed by atoms with Crippen LogP contribution < -0.4 is 5.56 Å². The number of hydrogen-bond acceptors (Lipinski definition) is 4. The Balaban J connectivity index is 1.67. The molecule has 2 fully saturated rings. The highest BCUT2D eigenvalue weighted by molar-refractivity contribution is 5.54. The number of imidazole rings is 1. The molecule has 2 aliphatic rings. The van der Waals surface area contributed by atoms with Crippen LogP contribution in [0.15, 0.2) is 35.5 Å². The fraction of sp³-hybridized carbons (Fsp3) is 0.556. The molecule has 0 amide bonds. The molecule has 0 bridgehead atoms. The van der Waals surface area contributed by atoms with E-state index in [1.807, 2.05) is 18.3 Å². The van der Waals surface area contributed by atoms with Crippen molar-refractivity contribution >= 4 is 0 Å². The molecule has 0 saturated carbocycles. The lowest BCUT2D eigenvalue weighted by molar-refractivity contribution is -0.144. The van der Waals surface area contributed by atoms with Crippen molar-refractivity contribution in [3.05, 3.63) is 41.1 Å². The Morgan fingerprint density at radius 3 is 2.92 bits per heavy atom. The van der Waals surface area contributed by atoms with Crippen molar-refractivity contribution in [2.75, 3.05) is 19.8 Å². The number of pyridine rings is 1. The minimum absolute atomic E-state index is 0.0159. The van der Waals surface area contributed by atoms with Crippen molar-refractivity contribution in [3.63, 3.8) is 0 Å². The summed E-state index contributed by atoms with van der Waals surface area (Å²) in [6.45, 7) is 2.28. The minimum Gasteiger partial charge on any atom is -0.381 e. The third-order valence-electron chi connectivity index (χ3n) is 5.30. The van der Waals surface area contributed by atoms with Gasteiger partial charge in [-0.2, -0.15) is 0 Å². The number of rotatable bonds is 2. The maximum absolute atomic E-state index is 12.5. The molecule has 24 heavy (non-hydrogen) atoms. The smallest absolute Gasteiger partial charge is 0.261 e. The second kappa shape index (κ2) is 6.18. The first-order valence-electron chi connectivity index (χ1n) is 8.59. The Morgan fingerprint density at radius 2 is 2.08 bits per heavy atom. The lowest BCUT2D eigenvalue weighted by Crippen LogP contribution is -2.44. The van der Waals surface area contributed by atoms with Crippen LogP contribution in [-0.2, 0) is 16.5 Å². The largest absolute Gasteiger partial charge is 0.381 e. The topological polar surface area (TPSA) is 58.3 Å². The van der Waals surface area contributed by atoms with Gasteiger partial charge in [-0.3, -0.25) is 4.79 Å². The fourth-order valence-electron chi connectivity index (χ4n) is 3.92. The van der Waals surface area contributed by atoms with Crippen LogP contribution in [0.4, 0.5) is 0 Å². The number of hydrogen-bond donors (Lipinski definition) is 0. The predicted molar refractivity (Wildman–Crippen MR) is 89.9 cm³/mol. The van der Waals surface area contributed by atoms with Gasteiger partial charge in [0, 0.05) is 51.5 Å². The van der Waals surface area contributed by atoms with E-state index in [1.54, 1.807) is 24.0 Å². The van der Waals surface area contributed by atoms with E-state index >= 15 is 0 Å². The van der Waals surface area contributed by atoms with Crippen LogP contribution in [-0.4, -0.2) is 39.5 Å². The summed E-state index contributed by atoms with van der Waals surface area (Å²) in [6, 6.07) is 4.05. The Kier molecular flexibility index (Phi) is 4.02. The number of aromatic nitrogens is 3. The molecule has 2 aromatic rings. The normalized spacial score (nSPS) is 23.5. The molecule has 128 valence electrons. The molecule has 4 heterocycles. The highest BCUT2D eigenvalue weighted by Gasteiger charge is 2.40. The molecule has 4 rings (SSSR count). The highest BCUT2D eigenvalue weighted by Crippen LogP contribution is 2.40. The Bertz CT molecular complexity index is 768. The van der Waals surface area contributed by atoms with Gasteiger partial charge in [0.25, 0.3) is 5.56 Å². The molecule has 0 aliphatic carbocycles. The molecule has 0 radical (unpaired) electrons. The summed E-state index contributed by atoms with van der Waals surface area (Å²) in [5.74, 6) is 0.755. The average molecular weight is 329 g/mol. The Labute approximate surface area is 141 Å². The molecule has 2 aliphatic heterocycles. The van der Waals surface area contributed by atoms with Crippen LogP contribution in [0, 0.1) is 0 Å². The Hall–Kier alpha value is -1.92. The van der Waals surface area contributed by atoms with Gasteiger partial charge >= 0.3 is 0 Å². The zero-order valence-corrected chi connectivity index (χ0v) is 14.0. The molecule has 6 heteroatoms. The molecule has 0 aromatic carbocycles. The average Bonchev–Trinajstić information content (AvgIpc) is 3.07. The monoisotopic (exact) mass is 329 g/mol. The van der Waals surface area contributed by atoms with Crippen molar-refractivity contribution in [2.45, 2.75) is 37.3 Å². The van der Waals surface area contributed by atoms with E-state index in [2.05, 4.69) is 9.55 Å². The van der Waals surface area contributed by atoms with Crippen LogP contribution in [0.2, 0.25) is 0 Å². The van der Waals surface area contributed by atoms with E-state index in [0.717, 1.165) is 51.3 Å². The van der Waals surface area contributed by atoms with Gasteiger partial charge in [0.1, 0.15) is 5.82 Å². The summed E-state index contributed by atoms with van der Waals surface area (Å²) in [5.41, 5.74) is 0.556. The van der Waals surface area contributed by atoms with Crippen LogP contribution in [0.25, 0.3) is 11.4 Å². The van der Waals surface area contributed by atoms with Crippen molar-refractivity contribution in [1.29, 1.82) is 0 Å². The van der Waals surface area contributed by atoms with Crippen molar-refractivity contribution < 1.29 is 9.47 Å². The lowest BCUT2D eigenvalue weighted by atomic mass is 9.84. The molecule has 2 saturated heterocycles. The Morgan fingerprint density at radius 1 is 1.25 bits per heavy atom. The van der Waals surface area contributed by atoms with Crippen LogP contribution in [0.1, 0.15) is 31.7 Å². The zero-order chi connectivity index (χ0) is 16.6. The SMILES string of the molecule is Cn1cccc(-c2nccn2C2CCOC3(CCOCC3)C2)c1=O. The van der Waals surface area contributed by atoms with Gasteiger partial charge in [-0.05, 0) is 37.8 Å². The van der Waals surface area contributed by atoms with Gasteiger partial charge in [0.15, 0.2) is 0 Å². The quantitative estimate of drug-likeness (QED) is 0.847. The summed E-state index contributed by atoms with van der Waals surface area (Å²) in [5, 5.41) is 0. The van der Waals surface area contributed by atoms with E-state index in [9.17, 15) is 4.79 Å². The van der Waals surface area contributed by atoms with E-state index in [4.69, 9.17) is 9.47 Å². The van der Waals surface area contributed by atoms with Gasteiger partial charge < -0.3 is 18.6 Å². The van der Waals surface area contributed by atoms with Crippen LogP contribution in [0.5, 0.6) is 0 Å². The summed E-state index contributed by atoms with van der Waals surface area (Å²) in [6.07, 6.45) is 9.33. The van der Waals surface area contributed by atoms with E-state index in [-0.39, 0.29) is 11.2 Å². The minimum atomic E-state index is -0.0790. The summed E-state index contributed by atoms with van der Waals surface area (Å²) in [4.78, 5) is 16.9. The van der Waals surface area contributed by atoms with Gasteiger partial charge in [0.05, 0.1) is 11.2 Å². The standard InChI is InChI=1S/C18H23N3O3/c1-20-8-2-3-15(17(20)22)16-19-7-9-21(16)14-4-10-24-18(13-14)5-11-23-12-6-18/h2-3,7-9,14H,4-6,10-13H2,1H3. The van der Waals surface area contributed by atoms with Gasteiger partial charge in [-0.15, -0.1) is 0 Å². The molecule has 1 unspecified atom stereocenters. The highest BCUT2D eigenvalue weighted by atomic mass is 16.5. The molecule has 6 nitrogen and oxygen atoms in total. The van der Waals surface area contributed by atoms with Crippen molar-refractivity contribution in [3.8, 4) is 11.4 Å². The summed E-state index contributed by atoms with van der Waals surface area (Å²) < 4.78 is 15.4. The lowest BCUT2D eigenvalue weighted by Gasteiger charge is -2.43. The van der Waals surface area contributed by atoms with Crippen LogP contribution in [0.3, 0.4) is 0 Å². The zero-order valence-electron chi connectivity index (χ0n) is 14.0. The van der Waals surface area contributed by atoms with Crippen LogP contribution >= 0.6 is 0 Å². The second-order valence-corrected chi connectivity index (χ2v) is 6.79. The van der Waals surface area contributed by atoms with E-state index < -0.39 is 0 Å². The van der Waals surface area contributed by atoms with E-state index in [0.29, 0.717) is 11.6 Å². The summed E-state index contributed by atoms with van der Waals surface area (Å²) >= 11 is 0. The molecular formula is C18H23N3O3. The number of ether oxygens (including phenoxy) is 2. The second-order valence-electron chi connectivity index (χ2n) is 6.79. The first-order chi connectivity index (χ1) is 11.7. The molecule has 1 atom stereocenters. The van der Waals surface area contributed by atoms with Crippen molar-refractivity contribution in [1.82, 2.24) is 14.1 Å². The molecule has 0 N–H and O–H groups in total. The van der Waals surface area contributed by atoms with Gasteiger partial charge in [-0.1, -0.05) is 0 Å². The predicted octanol–water partition coefficient (Wildman–Crippen LogP) is 2.15. The third-order valence-corrected chi connectivity index (χ3v) is 5.30. The van der Waals surface area contributed by atoms with E-state index in [1.165, 1.54) is 0 Å². The van der Waals surface area contributed by atoms with Crippen molar-refractivity contribution in [2.24, 2.45) is 7.05 Å². The summed E-state index contributed by atoms with van der Waals surface area (Å²) in [7, 11) is 1.77. The number of aryl methyl sites for hydroxylation is 1.